The molecule has 0 unspecified atom stereocenters. The molecule has 3 amide bonds. The number of hydroxylamine groups is 2. The highest BCUT2D eigenvalue weighted by Crippen LogP contribution is 2.19. The Hall–Kier alpha value is -3.65. The fourth-order valence-electron chi connectivity index (χ4n) is 2.10. The van der Waals surface area contributed by atoms with Gasteiger partial charge in [0.15, 0.2) is 0 Å². The molecule has 30 heavy (non-hydrogen) atoms. The lowest BCUT2D eigenvalue weighted by molar-refractivity contribution is -0.0756. The van der Waals surface area contributed by atoms with Gasteiger partial charge in [-0.05, 0) is 12.1 Å². The maximum absolute atomic E-state index is 12.3. The first-order chi connectivity index (χ1) is 14.2. The summed E-state index contributed by atoms with van der Waals surface area (Å²) in [5.74, 6) is -0.672. The fourth-order valence-corrected chi connectivity index (χ4v) is 2.91. The lowest BCUT2D eigenvalue weighted by Gasteiger charge is -2.17. The summed E-state index contributed by atoms with van der Waals surface area (Å²) >= 11 is 0. The van der Waals surface area contributed by atoms with Crippen LogP contribution in [0, 0.1) is 0 Å². The molecule has 0 bridgehead atoms. The van der Waals surface area contributed by atoms with Crippen molar-refractivity contribution in [3.05, 3.63) is 35.9 Å². The van der Waals surface area contributed by atoms with E-state index in [1.54, 1.807) is 10.8 Å². The molecule has 13 nitrogen and oxygen atoms in total. The molecular formula is C16H20N6O7S. The molecule has 0 aliphatic heterocycles. The van der Waals surface area contributed by atoms with Crippen LogP contribution in [-0.2, 0) is 15.0 Å². The standard InChI is InChI=1S/C16H20N6O7S/c1-22(29-4)14(23)10-7-5-6-8-11(10)20-30(25,26)21-16(24)19-15-17-12(27-2)9-13(18-15)28-3/h5-9,20H,1-4H3,(H2,17,18,19,21,24). The van der Waals surface area contributed by atoms with Crippen LogP contribution in [0.4, 0.5) is 16.4 Å². The molecule has 0 radical (unpaired) electrons. The predicted molar refractivity (Wildman–Crippen MR) is 105 cm³/mol. The van der Waals surface area contributed by atoms with Gasteiger partial charge in [0, 0.05) is 7.05 Å². The first-order valence-electron chi connectivity index (χ1n) is 8.19. The number of carbonyl (C=O) groups is 2. The Morgan fingerprint density at radius 3 is 2.20 bits per heavy atom. The number of hydrogen-bond donors (Lipinski definition) is 3. The Balaban J connectivity index is 2.15. The van der Waals surface area contributed by atoms with Crippen LogP contribution in [0.15, 0.2) is 30.3 Å². The number of aromatic nitrogens is 2. The maximum Gasteiger partial charge on any atom is 0.336 e. The van der Waals surface area contributed by atoms with Gasteiger partial charge in [0.05, 0.1) is 38.6 Å². The highest BCUT2D eigenvalue weighted by atomic mass is 32.2. The molecule has 2 rings (SSSR count). The molecule has 0 saturated carbocycles. The van der Waals surface area contributed by atoms with Crippen LogP contribution in [0.5, 0.6) is 11.8 Å². The van der Waals surface area contributed by atoms with E-state index in [1.165, 1.54) is 52.6 Å². The Labute approximate surface area is 172 Å². The Morgan fingerprint density at radius 2 is 1.63 bits per heavy atom. The average molecular weight is 440 g/mol. The predicted octanol–water partition coefficient (Wildman–Crippen LogP) is 0.606. The van der Waals surface area contributed by atoms with Crippen molar-refractivity contribution in [1.29, 1.82) is 0 Å². The van der Waals surface area contributed by atoms with Crippen LogP contribution < -0.4 is 24.2 Å². The number of para-hydroxylation sites is 1. The number of amides is 3. The summed E-state index contributed by atoms with van der Waals surface area (Å²) in [5.41, 5.74) is -0.0560. The summed E-state index contributed by atoms with van der Waals surface area (Å²) in [6, 6.07) is 6.01. The van der Waals surface area contributed by atoms with E-state index < -0.39 is 22.1 Å². The van der Waals surface area contributed by atoms with E-state index in [-0.39, 0.29) is 29.0 Å². The van der Waals surface area contributed by atoms with Crippen LogP contribution in [0.2, 0.25) is 0 Å². The molecule has 0 atom stereocenters. The molecule has 1 aromatic carbocycles. The molecule has 162 valence electrons. The first-order valence-corrected chi connectivity index (χ1v) is 9.67. The van der Waals surface area contributed by atoms with E-state index in [2.05, 4.69) is 20.0 Å². The average Bonchev–Trinajstić information content (AvgIpc) is 2.71. The van der Waals surface area contributed by atoms with Gasteiger partial charge < -0.3 is 9.47 Å². The Morgan fingerprint density at radius 1 is 1.03 bits per heavy atom. The number of rotatable bonds is 8. The smallest absolute Gasteiger partial charge is 0.336 e. The second-order valence-corrected chi connectivity index (χ2v) is 6.88. The first kappa shape index (κ1) is 22.6. The lowest BCUT2D eigenvalue weighted by Crippen LogP contribution is -2.39. The number of hydrogen-bond acceptors (Lipinski definition) is 9. The van der Waals surface area contributed by atoms with Gasteiger partial charge in [-0.15, -0.1) is 0 Å². The summed E-state index contributed by atoms with van der Waals surface area (Å²) < 4.78 is 38.4. The Kier molecular flexibility index (Phi) is 7.32. The molecule has 0 spiro atoms. The molecule has 0 aliphatic rings. The fraction of sp³-hybridized carbons (Fsp3) is 0.250. The number of carbonyl (C=O) groups excluding carboxylic acids is 2. The summed E-state index contributed by atoms with van der Waals surface area (Å²) in [6.45, 7) is 0. The summed E-state index contributed by atoms with van der Waals surface area (Å²) in [4.78, 5) is 36.9. The highest BCUT2D eigenvalue weighted by Gasteiger charge is 2.21. The molecule has 2 aromatic rings. The van der Waals surface area contributed by atoms with Crippen molar-refractivity contribution < 1.29 is 32.3 Å². The van der Waals surface area contributed by atoms with Crippen molar-refractivity contribution in [2.24, 2.45) is 0 Å². The zero-order valence-electron chi connectivity index (χ0n) is 16.5. The number of benzene rings is 1. The Bertz CT molecular complexity index is 1010. The van der Waals surface area contributed by atoms with Crippen molar-refractivity contribution in [2.45, 2.75) is 0 Å². The summed E-state index contributed by atoms with van der Waals surface area (Å²) in [5, 5.41) is 3.07. The molecule has 0 aliphatic carbocycles. The molecule has 0 fully saturated rings. The van der Waals surface area contributed by atoms with Gasteiger partial charge >= 0.3 is 16.2 Å². The van der Waals surface area contributed by atoms with Crippen LogP contribution in [0.3, 0.4) is 0 Å². The van der Waals surface area contributed by atoms with E-state index in [1.807, 2.05) is 0 Å². The maximum atomic E-state index is 12.3. The number of methoxy groups -OCH3 is 2. The number of ether oxygens (including phenoxy) is 2. The van der Waals surface area contributed by atoms with Gasteiger partial charge in [0.2, 0.25) is 17.7 Å². The third-order valence-corrected chi connectivity index (χ3v) is 4.45. The zero-order valence-corrected chi connectivity index (χ0v) is 17.3. The van der Waals surface area contributed by atoms with E-state index in [9.17, 15) is 18.0 Å². The van der Waals surface area contributed by atoms with Crippen LogP contribution >= 0.6 is 0 Å². The number of urea groups is 1. The minimum atomic E-state index is -4.42. The minimum absolute atomic E-state index is 0.00787. The normalized spacial score (nSPS) is 10.7. The van der Waals surface area contributed by atoms with Crippen LogP contribution in [0.1, 0.15) is 10.4 Å². The van der Waals surface area contributed by atoms with Gasteiger partial charge in [-0.25, -0.2) is 14.6 Å². The van der Waals surface area contributed by atoms with Gasteiger partial charge in [-0.3, -0.25) is 19.7 Å². The molecule has 1 aromatic heterocycles. The van der Waals surface area contributed by atoms with E-state index in [0.29, 0.717) is 0 Å². The largest absolute Gasteiger partial charge is 0.481 e. The quantitative estimate of drug-likeness (QED) is 0.499. The third-order valence-electron chi connectivity index (χ3n) is 3.51. The second-order valence-electron chi connectivity index (χ2n) is 5.47. The molecule has 1 heterocycles. The molecule has 3 N–H and O–H groups in total. The highest BCUT2D eigenvalue weighted by molar-refractivity contribution is 7.91. The summed E-state index contributed by atoms with van der Waals surface area (Å²) in [7, 11) is 0.925. The summed E-state index contributed by atoms with van der Waals surface area (Å²) in [6.07, 6.45) is 0. The van der Waals surface area contributed by atoms with Gasteiger partial charge in [-0.2, -0.15) is 18.4 Å². The zero-order chi connectivity index (χ0) is 22.3. The van der Waals surface area contributed by atoms with Crippen LogP contribution in [0.25, 0.3) is 0 Å². The topological polar surface area (TPSA) is 161 Å². The molecule has 14 heteroatoms. The molecular weight excluding hydrogens is 420 g/mol. The van der Waals surface area contributed by atoms with E-state index in [0.717, 1.165) is 5.06 Å². The number of nitrogens with one attached hydrogen (secondary N) is 3. The lowest BCUT2D eigenvalue weighted by atomic mass is 10.2. The van der Waals surface area contributed by atoms with Gasteiger partial charge in [0.25, 0.3) is 5.91 Å². The SMILES string of the molecule is COc1cc(OC)nc(NC(=O)NS(=O)(=O)Nc2ccccc2C(=O)N(C)OC)n1. The van der Waals surface area contributed by atoms with Crippen molar-refractivity contribution >= 4 is 33.8 Å². The van der Waals surface area contributed by atoms with Crippen molar-refractivity contribution in [3.63, 3.8) is 0 Å². The van der Waals surface area contributed by atoms with Gasteiger partial charge in [0.1, 0.15) is 0 Å². The third kappa shape index (κ3) is 5.92. The van der Waals surface area contributed by atoms with Crippen molar-refractivity contribution in [3.8, 4) is 11.8 Å². The van der Waals surface area contributed by atoms with Crippen LogP contribution in [-0.4, -0.2) is 63.8 Å². The van der Waals surface area contributed by atoms with E-state index in [4.69, 9.17) is 14.3 Å². The van der Waals surface area contributed by atoms with Crippen molar-refractivity contribution in [2.75, 3.05) is 38.4 Å². The minimum Gasteiger partial charge on any atom is -0.481 e. The molecule has 0 saturated heterocycles. The monoisotopic (exact) mass is 440 g/mol. The second kappa shape index (κ2) is 9.71. The number of anilines is 2. The number of nitrogens with zero attached hydrogens (tertiary/aromatic N) is 3. The van der Waals surface area contributed by atoms with Crippen molar-refractivity contribution in [1.82, 2.24) is 19.8 Å². The van der Waals surface area contributed by atoms with Gasteiger partial charge in [-0.1, -0.05) is 12.1 Å². The van der Waals surface area contributed by atoms with E-state index >= 15 is 0 Å².